The number of phenols is 1. The van der Waals surface area contributed by atoms with E-state index >= 15 is 0 Å². The third-order valence-electron chi connectivity index (χ3n) is 5.32. The summed E-state index contributed by atoms with van der Waals surface area (Å²) >= 11 is 0. The second-order valence-electron chi connectivity index (χ2n) is 7.26. The second-order valence-corrected chi connectivity index (χ2v) is 7.26. The Hall–Kier alpha value is -4.35. The first-order valence-electron chi connectivity index (χ1n) is 9.79. The summed E-state index contributed by atoms with van der Waals surface area (Å²) in [7, 11) is 0. The number of amides is 2. The predicted octanol–water partition coefficient (Wildman–Crippen LogP) is 1.85. The van der Waals surface area contributed by atoms with E-state index in [9.17, 15) is 35.0 Å². The predicted molar refractivity (Wildman–Crippen MR) is 118 cm³/mol. The Kier molecular flexibility index (Phi) is 5.73. The number of nitrogens with zero attached hydrogens (tertiary/aromatic N) is 3. The van der Waals surface area contributed by atoms with Gasteiger partial charge in [0.2, 0.25) is 0 Å². The van der Waals surface area contributed by atoms with Crippen molar-refractivity contribution in [2.45, 2.75) is 6.04 Å². The van der Waals surface area contributed by atoms with E-state index in [1.165, 1.54) is 30.5 Å². The molecule has 1 aliphatic rings. The molecular formula is C22H18N4O7. The van der Waals surface area contributed by atoms with Crippen LogP contribution in [0.4, 0.5) is 11.4 Å². The second kappa shape index (κ2) is 8.65. The molecule has 0 radical (unpaired) electrons. The van der Waals surface area contributed by atoms with E-state index < -0.39 is 47.4 Å². The summed E-state index contributed by atoms with van der Waals surface area (Å²) in [5, 5.41) is 44.5. The smallest absolute Gasteiger partial charge is 0.311 e. The van der Waals surface area contributed by atoms with Gasteiger partial charge in [0.15, 0.2) is 5.75 Å². The van der Waals surface area contributed by atoms with Gasteiger partial charge in [0.1, 0.15) is 0 Å². The van der Waals surface area contributed by atoms with Crippen molar-refractivity contribution in [2.24, 2.45) is 5.10 Å². The standard InChI is InChI=1S/C22H18N4O7/c27-10-13(11-28)25-21(30)15-3-1-2-14-17(6-5-16(20(14)15)22(25)31)24-23-9-12-4-7-19(29)18(8-12)26(32)33/h1-9,13,24,27-29H,10-11H2/b23-9+. The lowest BCUT2D eigenvalue weighted by Gasteiger charge is -2.32. The first-order chi connectivity index (χ1) is 15.9. The van der Waals surface area contributed by atoms with Gasteiger partial charge in [0, 0.05) is 33.5 Å². The number of hydrogen-bond acceptors (Lipinski definition) is 9. The fourth-order valence-electron chi connectivity index (χ4n) is 3.71. The van der Waals surface area contributed by atoms with Crippen molar-refractivity contribution in [1.29, 1.82) is 0 Å². The maximum absolute atomic E-state index is 13.0. The molecule has 0 aromatic heterocycles. The van der Waals surface area contributed by atoms with E-state index in [2.05, 4.69) is 10.5 Å². The average Bonchev–Trinajstić information content (AvgIpc) is 2.81. The van der Waals surface area contributed by atoms with Crippen molar-refractivity contribution in [3.05, 3.63) is 75.3 Å². The van der Waals surface area contributed by atoms with Crippen LogP contribution >= 0.6 is 0 Å². The number of nitro groups is 1. The Morgan fingerprint density at radius 2 is 1.76 bits per heavy atom. The van der Waals surface area contributed by atoms with Crippen LogP contribution in [0.3, 0.4) is 0 Å². The summed E-state index contributed by atoms with van der Waals surface area (Å²) in [6.07, 6.45) is 1.33. The van der Waals surface area contributed by atoms with E-state index in [0.717, 1.165) is 4.90 Å². The van der Waals surface area contributed by atoms with Gasteiger partial charge in [-0.2, -0.15) is 5.10 Å². The highest BCUT2D eigenvalue weighted by Crippen LogP contribution is 2.35. The van der Waals surface area contributed by atoms with Crippen LogP contribution in [-0.2, 0) is 0 Å². The molecule has 4 rings (SSSR count). The highest BCUT2D eigenvalue weighted by molar-refractivity contribution is 6.27. The van der Waals surface area contributed by atoms with Gasteiger partial charge in [-0.05, 0) is 30.3 Å². The number of carbonyl (C=O) groups excluding carboxylic acids is 2. The first kappa shape index (κ1) is 21.9. The Balaban J connectivity index is 1.69. The highest BCUT2D eigenvalue weighted by atomic mass is 16.6. The Morgan fingerprint density at radius 3 is 2.42 bits per heavy atom. The Morgan fingerprint density at radius 1 is 1.06 bits per heavy atom. The summed E-state index contributed by atoms with van der Waals surface area (Å²) in [5.74, 6) is -1.70. The number of aromatic hydroxyl groups is 1. The maximum Gasteiger partial charge on any atom is 0.311 e. The maximum atomic E-state index is 13.0. The lowest BCUT2D eigenvalue weighted by Crippen LogP contribution is -2.50. The number of rotatable bonds is 7. The number of hydrazone groups is 1. The zero-order valence-electron chi connectivity index (χ0n) is 17.0. The highest BCUT2D eigenvalue weighted by Gasteiger charge is 2.37. The molecule has 33 heavy (non-hydrogen) atoms. The zero-order chi connectivity index (χ0) is 23.7. The SMILES string of the molecule is O=C1c2cccc3c(N/N=C/c4ccc(O)c([N+](=O)[O-])c4)ccc(c23)C(=O)N1C(CO)CO. The summed E-state index contributed by atoms with van der Waals surface area (Å²) in [6.45, 7) is -1.13. The van der Waals surface area contributed by atoms with E-state index in [-0.39, 0.29) is 11.1 Å². The average molecular weight is 450 g/mol. The minimum Gasteiger partial charge on any atom is -0.502 e. The quantitative estimate of drug-likeness (QED) is 0.183. The van der Waals surface area contributed by atoms with Crippen molar-refractivity contribution < 1.29 is 29.8 Å². The molecule has 1 aliphatic heterocycles. The fraction of sp³-hybridized carbons (Fsp3) is 0.136. The molecule has 0 atom stereocenters. The van der Waals surface area contributed by atoms with Crippen molar-refractivity contribution in [3.63, 3.8) is 0 Å². The van der Waals surface area contributed by atoms with Crippen LogP contribution in [0.25, 0.3) is 10.8 Å². The molecular weight excluding hydrogens is 432 g/mol. The Bertz CT molecular complexity index is 1300. The van der Waals surface area contributed by atoms with E-state index in [1.54, 1.807) is 24.3 Å². The van der Waals surface area contributed by atoms with Crippen molar-refractivity contribution >= 4 is 40.2 Å². The van der Waals surface area contributed by atoms with Gasteiger partial charge in [-0.25, -0.2) is 0 Å². The fourth-order valence-corrected chi connectivity index (χ4v) is 3.71. The molecule has 0 saturated heterocycles. The van der Waals surface area contributed by atoms with Crippen LogP contribution in [0, 0.1) is 10.1 Å². The molecule has 0 unspecified atom stereocenters. The number of hydrogen-bond donors (Lipinski definition) is 4. The van der Waals surface area contributed by atoms with Crippen LogP contribution in [0.5, 0.6) is 5.75 Å². The first-order valence-corrected chi connectivity index (χ1v) is 9.79. The molecule has 3 aromatic rings. The van der Waals surface area contributed by atoms with Gasteiger partial charge in [-0.1, -0.05) is 12.1 Å². The number of nitro benzene ring substituents is 1. The number of phenolic OH excluding ortho intramolecular Hbond substituents is 1. The van der Waals surface area contributed by atoms with Crippen LogP contribution < -0.4 is 5.43 Å². The lowest BCUT2D eigenvalue weighted by molar-refractivity contribution is -0.385. The van der Waals surface area contributed by atoms with E-state index in [1.807, 2.05) is 0 Å². The van der Waals surface area contributed by atoms with Crippen LogP contribution in [0.2, 0.25) is 0 Å². The van der Waals surface area contributed by atoms with Gasteiger partial charge in [-0.3, -0.25) is 30.0 Å². The zero-order valence-corrected chi connectivity index (χ0v) is 17.0. The number of aliphatic hydroxyl groups excluding tert-OH is 2. The number of carbonyl (C=O) groups is 2. The molecule has 0 fully saturated rings. The van der Waals surface area contributed by atoms with Crippen LogP contribution in [0.1, 0.15) is 26.3 Å². The number of nitrogens with one attached hydrogen (secondary N) is 1. The van der Waals surface area contributed by atoms with Crippen molar-refractivity contribution in [1.82, 2.24) is 4.90 Å². The number of imide groups is 1. The molecule has 4 N–H and O–H groups in total. The van der Waals surface area contributed by atoms with Crippen molar-refractivity contribution in [3.8, 4) is 5.75 Å². The largest absolute Gasteiger partial charge is 0.502 e. The molecule has 0 spiro atoms. The molecule has 11 heteroatoms. The molecule has 168 valence electrons. The molecule has 0 aliphatic carbocycles. The van der Waals surface area contributed by atoms with Crippen LogP contribution in [0.15, 0.2) is 53.6 Å². The molecule has 1 heterocycles. The third-order valence-corrected chi connectivity index (χ3v) is 5.32. The van der Waals surface area contributed by atoms with E-state index in [0.29, 0.717) is 22.0 Å². The third kappa shape index (κ3) is 3.75. The van der Waals surface area contributed by atoms with Crippen LogP contribution in [-0.4, -0.2) is 62.4 Å². The van der Waals surface area contributed by atoms with Gasteiger partial charge in [-0.15, -0.1) is 0 Å². The summed E-state index contributed by atoms with van der Waals surface area (Å²) in [5.41, 5.74) is 3.70. The van der Waals surface area contributed by atoms with E-state index in [4.69, 9.17) is 0 Å². The topological polar surface area (TPSA) is 166 Å². The molecule has 11 nitrogen and oxygen atoms in total. The molecule has 3 aromatic carbocycles. The monoisotopic (exact) mass is 450 g/mol. The van der Waals surface area contributed by atoms with Gasteiger partial charge >= 0.3 is 5.69 Å². The summed E-state index contributed by atoms with van der Waals surface area (Å²) in [4.78, 5) is 37.0. The number of aliphatic hydroxyl groups is 2. The van der Waals surface area contributed by atoms with Gasteiger partial charge in [0.25, 0.3) is 11.8 Å². The van der Waals surface area contributed by atoms with Crippen molar-refractivity contribution in [2.75, 3.05) is 18.6 Å². The number of anilines is 1. The summed E-state index contributed by atoms with van der Waals surface area (Å²) < 4.78 is 0. The minimum absolute atomic E-state index is 0.246. The van der Waals surface area contributed by atoms with Gasteiger partial charge in [0.05, 0.1) is 36.1 Å². The summed E-state index contributed by atoms with van der Waals surface area (Å²) in [6, 6.07) is 10.8. The Labute approximate surface area is 186 Å². The molecule has 2 amide bonds. The molecule has 0 saturated carbocycles. The lowest BCUT2D eigenvalue weighted by atomic mass is 9.92. The normalized spacial score (nSPS) is 13.4. The minimum atomic E-state index is -1.05. The van der Waals surface area contributed by atoms with Gasteiger partial charge < -0.3 is 15.3 Å². The number of benzene rings is 3. The molecule has 0 bridgehead atoms.